The van der Waals surface area contributed by atoms with E-state index in [1.54, 1.807) is 36.4 Å². The van der Waals surface area contributed by atoms with Gasteiger partial charge in [0.1, 0.15) is 12.2 Å². The van der Waals surface area contributed by atoms with Crippen molar-refractivity contribution < 1.29 is 19.1 Å². The van der Waals surface area contributed by atoms with E-state index in [-0.39, 0.29) is 22.9 Å². The number of carbonyl (C=O) groups is 2. The van der Waals surface area contributed by atoms with E-state index in [1.165, 1.54) is 24.3 Å². The normalized spacial score (nSPS) is 12.6. The van der Waals surface area contributed by atoms with Crippen molar-refractivity contribution >= 4 is 81.5 Å². The summed E-state index contributed by atoms with van der Waals surface area (Å²) in [6, 6.07) is 15.6. The van der Waals surface area contributed by atoms with Crippen LogP contribution in [0.3, 0.4) is 0 Å². The second-order valence-corrected chi connectivity index (χ2v) is 9.28. The third kappa shape index (κ3) is 6.51. The summed E-state index contributed by atoms with van der Waals surface area (Å²) < 4.78 is 11.1. The molecule has 0 N–H and O–H groups in total. The Morgan fingerprint density at radius 3 is 1.35 bits per heavy atom. The highest BCUT2D eigenvalue weighted by Gasteiger charge is 2.26. The first-order valence-electron chi connectivity index (χ1n) is 9.78. The molecule has 3 aromatic rings. The number of alkyl halides is 2. The van der Waals surface area contributed by atoms with Gasteiger partial charge >= 0.3 is 11.9 Å². The van der Waals surface area contributed by atoms with E-state index in [0.29, 0.717) is 31.2 Å². The van der Waals surface area contributed by atoms with Gasteiger partial charge in [-0.1, -0.05) is 70.7 Å². The Kier molecular flexibility index (Phi) is 9.78. The van der Waals surface area contributed by atoms with Crippen LogP contribution in [0.5, 0.6) is 0 Å². The number of esters is 2. The molecule has 0 spiro atoms. The van der Waals surface area contributed by atoms with Gasteiger partial charge in [0.15, 0.2) is 0 Å². The smallest absolute Gasteiger partial charge is 0.339 e. The van der Waals surface area contributed by atoms with E-state index in [9.17, 15) is 9.59 Å². The van der Waals surface area contributed by atoms with Crippen LogP contribution in [0.1, 0.15) is 44.1 Å². The summed E-state index contributed by atoms with van der Waals surface area (Å²) in [6.07, 6.45) is -1.74. The van der Waals surface area contributed by atoms with Crippen LogP contribution in [0.25, 0.3) is 0 Å². The summed E-state index contributed by atoms with van der Waals surface area (Å²) in [5.41, 5.74) is 0.939. The number of ether oxygens (including phenoxy) is 2. The molecule has 0 saturated heterocycles. The van der Waals surface area contributed by atoms with Crippen LogP contribution in [0, 0.1) is 0 Å². The average molecular weight is 581 g/mol. The lowest BCUT2D eigenvalue weighted by Gasteiger charge is -2.20. The Labute approximate surface area is 226 Å². The summed E-state index contributed by atoms with van der Waals surface area (Å²) in [7, 11) is 0. The van der Waals surface area contributed by atoms with Crippen LogP contribution in [0.15, 0.2) is 60.7 Å². The van der Waals surface area contributed by atoms with Gasteiger partial charge in [-0.25, -0.2) is 9.59 Å². The Hall–Kier alpha value is -1.66. The second-order valence-electron chi connectivity index (χ2n) is 6.97. The first kappa shape index (κ1) is 26.9. The molecule has 0 saturated carbocycles. The molecule has 0 radical (unpaired) electrons. The summed E-state index contributed by atoms with van der Waals surface area (Å²) in [5.74, 6) is -1.70. The van der Waals surface area contributed by atoms with Gasteiger partial charge in [0.2, 0.25) is 0 Å². The molecule has 3 aromatic carbocycles. The third-order valence-electron chi connectivity index (χ3n) is 4.76. The molecule has 0 heterocycles. The summed E-state index contributed by atoms with van der Waals surface area (Å²) in [4.78, 5) is 26.0. The fraction of sp³-hybridized carbons (Fsp3) is 0.167. The SMILES string of the molecule is O=C(O[C@@H](CCl)c1ccc(Cl)cc1Cl)c1ccccc1C(=O)O[C@@H](CCl)c1ccc(Cl)cc1Cl. The topological polar surface area (TPSA) is 52.6 Å². The van der Waals surface area contributed by atoms with Crippen LogP contribution < -0.4 is 0 Å². The lowest BCUT2D eigenvalue weighted by molar-refractivity contribution is 0.0296. The molecule has 0 aliphatic carbocycles. The maximum Gasteiger partial charge on any atom is 0.339 e. The number of hydrogen-bond acceptors (Lipinski definition) is 4. The van der Waals surface area contributed by atoms with Gasteiger partial charge in [-0.15, -0.1) is 23.2 Å². The van der Waals surface area contributed by atoms with Gasteiger partial charge in [0.25, 0.3) is 0 Å². The van der Waals surface area contributed by atoms with Gasteiger partial charge < -0.3 is 9.47 Å². The van der Waals surface area contributed by atoms with Gasteiger partial charge in [-0.2, -0.15) is 0 Å². The number of benzene rings is 3. The molecule has 0 aliphatic rings. The van der Waals surface area contributed by atoms with Crippen molar-refractivity contribution in [1.82, 2.24) is 0 Å². The van der Waals surface area contributed by atoms with Crippen molar-refractivity contribution in [2.45, 2.75) is 12.2 Å². The molecule has 0 aromatic heterocycles. The largest absolute Gasteiger partial charge is 0.453 e. The van der Waals surface area contributed by atoms with Crippen LogP contribution in [0.2, 0.25) is 20.1 Å². The highest BCUT2D eigenvalue weighted by molar-refractivity contribution is 6.35. The molecular formula is C24H16Cl6O4. The molecule has 178 valence electrons. The van der Waals surface area contributed by atoms with Crippen molar-refractivity contribution in [2.24, 2.45) is 0 Å². The minimum atomic E-state index is -0.869. The monoisotopic (exact) mass is 578 g/mol. The highest BCUT2D eigenvalue weighted by Crippen LogP contribution is 2.32. The molecule has 4 nitrogen and oxygen atoms in total. The first-order valence-corrected chi connectivity index (χ1v) is 12.4. The number of rotatable bonds is 8. The fourth-order valence-electron chi connectivity index (χ4n) is 3.11. The van der Waals surface area contributed by atoms with Crippen molar-refractivity contribution in [3.8, 4) is 0 Å². The summed E-state index contributed by atoms with van der Waals surface area (Å²) in [5, 5.41) is 1.44. The minimum Gasteiger partial charge on any atom is -0.453 e. The van der Waals surface area contributed by atoms with Crippen molar-refractivity contribution in [1.29, 1.82) is 0 Å². The van der Waals surface area contributed by atoms with Gasteiger partial charge in [0.05, 0.1) is 22.9 Å². The predicted octanol–water partition coefficient (Wildman–Crippen LogP) is 8.57. The summed E-state index contributed by atoms with van der Waals surface area (Å²) >= 11 is 36.4. The van der Waals surface area contributed by atoms with Crippen LogP contribution >= 0.6 is 69.6 Å². The average Bonchev–Trinajstić information content (AvgIpc) is 2.81. The molecule has 10 heteroatoms. The Morgan fingerprint density at radius 1 is 0.647 bits per heavy atom. The number of carbonyl (C=O) groups excluding carboxylic acids is 2. The Bertz CT molecular complexity index is 1110. The van der Waals surface area contributed by atoms with Crippen molar-refractivity contribution in [2.75, 3.05) is 11.8 Å². The van der Waals surface area contributed by atoms with Gasteiger partial charge in [0, 0.05) is 31.2 Å². The molecule has 0 fully saturated rings. The maximum absolute atomic E-state index is 13.0. The van der Waals surface area contributed by atoms with Crippen molar-refractivity contribution in [3.63, 3.8) is 0 Å². The molecular weight excluding hydrogens is 565 g/mol. The highest BCUT2D eigenvalue weighted by atomic mass is 35.5. The lowest BCUT2D eigenvalue weighted by Crippen LogP contribution is -2.19. The third-order valence-corrected chi connectivity index (χ3v) is 6.45. The van der Waals surface area contributed by atoms with E-state index in [4.69, 9.17) is 79.1 Å². The van der Waals surface area contributed by atoms with E-state index in [2.05, 4.69) is 0 Å². The van der Waals surface area contributed by atoms with E-state index >= 15 is 0 Å². The molecule has 0 amide bonds. The predicted molar refractivity (Wildman–Crippen MR) is 137 cm³/mol. The number of hydrogen-bond donors (Lipinski definition) is 0. The molecule has 0 unspecified atom stereocenters. The Morgan fingerprint density at radius 2 is 1.03 bits per heavy atom. The van der Waals surface area contributed by atoms with E-state index < -0.39 is 24.1 Å². The van der Waals surface area contributed by atoms with Crippen LogP contribution in [-0.2, 0) is 9.47 Å². The molecule has 0 aliphatic heterocycles. The first-order chi connectivity index (χ1) is 16.2. The molecule has 34 heavy (non-hydrogen) atoms. The Balaban J connectivity index is 1.83. The zero-order valence-electron chi connectivity index (χ0n) is 17.2. The van der Waals surface area contributed by atoms with E-state index in [1.807, 2.05) is 0 Å². The van der Waals surface area contributed by atoms with Gasteiger partial charge in [-0.05, 0) is 36.4 Å². The zero-order chi connectivity index (χ0) is 24.8. The fourth-order valence-corrected chi connectivity index (χ4v) is 4.62. The quantitative estimate of drug-likeness (QED) is 0.198. The van der Waals surface area contributed by atoms with Crippen LogP contribution in [0.4, 0.5) is 0 Å². The number of halogens is 6. The van der Waals surface area contributed by atoms with Crippen LogP contribution in [-0.4, -0.2) is 23.7 Å². The molecule has 3 rings (SSSR count). The molecule has 0 bridgehead atoms. The maximum atomic E-state index is 13.0. The lowest BCUT2D eigenvalue weighted by atomic mass is 10.1. The summed E-state index contributed by atoms with van der Waals surface area (Å²) in [6.45, 7) is 0. The van der Waals surface area contributed by atoms with Gasteiger partial charge in [-0.3, -0.25) is 0 Å². The van der Waals surface area contributed by atoms with E-state index in [0.717, 1.165) is 0 Å². The minimum absolute atomic E-state index is 0.0109. The molecule has 2 atom stereocenters. The zero-order valence-corrected chi connectivity index (χ0v) is 21.8. The standard InChI is InChI=1S/C24H16Cl6O4/c25-11-21(17-7-5-13(27)9-19(17)29)33-23(31)15-3-1-2-4-16(15)24(32)34-22(12-26)18-8-6-14(28)10-20(18)30/h1-10,21-22H,11-12H2/t21-,22-/m0/s1. The van der Waals surface area contributed by atoms with Crippen molar-refractivity contribution in [3.05, 3.63) is 103 Å². The second kappa shape index (κ2) is 12.3.